The van der Waals surface area contributed by atoms with Crippen LogP contribution in [-0.2, 0) is 11.0 Å². The van der Waals surface area contributed by atoms with Crippen molar-refractivity contribution in [2.45, 2.75) is 25.4 Å². The zero-order chi connectivity index (χ0) is 16.6. The molecule has 4 nitrogen and oxygen atoms in total. The van der Waals surface area contributed by atoms with Crippen LogP contribution >= 0.6 is 0 Å². The van der Waals surface area contributed by atoms with Crippen molar-refractivity contribution in [3.63, 3.8) is 0 Å². The predicted molar refractivity (Wildman–Crippen MR) is 75.9 cm³/mol. The molecule has 22 heavy (non-hydrogen) atoms. The van der Waals surface area contributed by atoms with E-state index < -0.39 is 17.7 Å². The van der Waals surface area contributed by atoms with Crippen LogP contribution in [-0.4, -0.2) is 42.7 Å². The lowest BCUT2D eigenvalue weighted by Crippen LogP contribution is -2.25. The van der Waals surface area contributed by atoms with Crippen molar-refractivity contribution < 1.29 is 27.8 Å². The van der Waals surface area contributed by atoms with Gasteiger partial charge < -0.3 is 14.7 Å². The van der Waals surface area contributed by atoms with Crippen LogP contribution in [0.4, 0.5) is 13.2 Å². The van der Waals surface area contributed by atoms with Crippen LogP contribution < -0.4 is 4.74 Å². The summed E-state index contributed by atoms with van der Waals surface area (Å²) in [5.74, 6) is -0.402. The van der Waals surface area contributed by atoms with Crippen molar-refractivity contribution in [3.05, 3.63) is 29.8 Å². The number of nitrogens with zero attached hydrogens (tertiary/aromatic N) is 1. The number of halogens is 3. The minimum Gasteiger partial charge on any atom is -0.492 e. The first-order chi connectivity index (χ1) is 10.3. The van der Waals surface area contributed by atoms with Crippen LogP contribution in [0.5, 0.6) is 5.75 Å². The number of benzene rings is 1. The molecule has 0 heterocycles. The number of hydrogen-bond acceptors (Lipinski definition) is 3. The molecule has 0 aliphatic carbocycles. The number of carboxylic acid groups (broad SMARTS) is 1. The van der Waals surface area contributed by atoms with Crippen molar-refractivity contribution >= 4 is 5.97 Å². The molecule has 0 spiro atoms. The van der Waals surface area contributed by atoms with E-state index in [1.807, 2.05) is 11.9 Å². The number of carboxylic acids is 1. The lowest BCUT2D eigenvalue weighted by molar-refractivity contribution is -0.138. The van der Waals surface area contributed by atoms with Gasteiger partial charge in [0.1, 0.15) is 12.4 Å². The van der Waals surface area contributed by atoms with Crippen LogP contribution in [0.15, 0.2) is 24.3 Å². The van der Waals surface area contributed by atoms with E-state index in [0.29, 0.717) is 25.3 Å². The lowest BCUT2D eigenvalue weighted by Gasteiger charge is -2.16. The van der Waals surface area contributed by atoms with Gasteiger partial charge in [0.25, 0.3) is 0 Å². The van der Waals surface area contributed by atoms with E-state index in [1.165, 1.54) is 12.1 Å². The van der Waals surface area contributed by atoms with Gasteiger partial charge in [-0.3, -0.25) is 4.79 Å². The molecule has 0 unspecified atom stereocenters. The SMILES string of the molecule is CN(CCCCC(=O)O)CCOc1ccc(C(F)(F)F)cc1. The topological polar surface area (TPSA) is 49.8 Å². The van der Waals surface area contributed by atoms with E-state index in [1.54, 1.807) is 0 Å². The van der Waals surface area contributed by atoms with Crippen LogP contribution in [0.1, 0.15) is 24.8 Å². The molecular formula is C15H20F3NO3. The normalized spacial score (nSPS) is 11.7. The van der Waals surface area contributed by atoms with Crippen LogP contribution in [0.2, 0.25) is 0 Å². The van der Waals surface area contributed by atoms with Crippen molar-refractivity contribution in [2.24, 2.45) is 0 Å². The molecule has 0 bridgehead atoms. The summed E-state index contributed by atoms with van der Waals surface area (Å²) in [5.41, 5.74) is -0.699. The minimum atomic E-state index is -4.34. The summed E-state index contributed by atoms with van der Waals surface area (Å²) < 4.78 is 42.6. The average Bonchev–Trinajstić information content (AvgIpc) is 2.43. The number of ether oxygens (including phenoxy) is 1. The van der Waals surface area contributed by atoms with Crippen molar-refractivity contribution in [1.82, 2.24) is 4.90 Å². The largest absolute Gasteiger partial charge is 0.492 e. The summed E-state index contributed by atoms with van der Waals surface area (Å²) in [6.07, 6.45) is -2.77. The summed E-state index contributed by atoms with van der Waals surface area (Å²) in [4.78, 5) is 12.3. The third-order valence-corrected chi connectivity index (χ3v) is 3.10. The number of unbranched alkanes of at least 4 members (excludes halogenated alkanes) is 1. The molecule has 1 rings (SSSR count). The maximum Gasteiger partial charge on any atom is 0.416 e. The Hall–Kier alpha value is -1.76. The van der Waals surface area contributed by atoms with E-state index in [0.717, 1.165) is 25.1 Å². The molecule has 0 fully saturated rings. The van der Waals surface area contributed by atoms with Crippen molar-refractivity contribution in [2.75, 3.05) is 26.7 Å². The fourth-order valence-corrected chi connectivity index (χ4v) is 1.83. The number of alkyl halides is 3. The molecule has 0 aliphatic heterocycles. The lowest BCUT2D eigenvalue weighted by atomic mass is 10.2. The second kappa shape index (κ2) is 8.63. The number of likely N-dealkylation sites (N-methyl/N-ethyl adjacent to an activating group) is 1. The highest BCUT2D eigenvalue weighted by molar-refractivity contribution is 5.66. The standard InChI is InChI=1S/C15H20F3NO3/c1-19(9-3-2-4-14(20)21)10-11-22-13-7-5-12(6-8-13)15(16,17)18/h5-8H,2-4,9-11H2,1H3,(H,20,21). The molecular weight excluding hydrogens is 299 g/mol. The van der Waals surface area contributed by atoms with E-state index in [-0.39, 0.29) is 6.42 Å². The first-order valence-corrected chi connectivity index (χ1v) is 6.99. The first kappa shape index (κ1) is 18.3. The van der Waals surface area contributed by atoms with E-state index in [9.17, 15) is 18.0 Å². The quantitative estimate of drug-likeness (QED) is 0.710. The molecule has 0 aromatic heterocycles. The third-order valence-electron chi connectivity index (χ3n) is 3.10. The van der Waals surface area contributed by atoms with Gasteiger partial charge in [0, 0.05) is 13.0 Å². The van der Waals surface area contributed by atoms with E-state index in [4.69, 9.17) is 9.84 Å². The monoisotopic (exact) mass is 319 g/mol. The average molecular weight is 319 g/mol. The Morgan fingerprint density at radius 1 is 1.18 bits per heavy atom. The van der Waals surface area contributed by atoms with Crippen LogP contribution in [0, 0.1) is 0 Å². The number of hydrogen-bond donors (Lipinski definition) is 1. The molecule has 124 valence electrons. The minimum absolute atomic E-state index is 0.163. The summed E-state index contributed by atoms with van der Waals surface area (Å²) in [7, 11) is 1.89. The first-order valence-electron chi connectivity index (χ1n) is 6.99. The molecule has 0 atom stereocenters. The van der Waals surface area contributed by atoms with Gasteiger partial charge in [0.15, 0.2) is 0 Å². The Balaban J connectivity index is 2.22. The van der Waals surface area contributed by atoms with Gasteiger partial charge in [-0.2, -0.15) is 13.2 Å². The Morgan fingerprint density at radius 3 is 2.36 bits per heavy atom. The smallest absolute Gasteiger partial charge is 0.416 e. The molecule has 7 heteroatoms. The zero-order valence-corrected chi connectivity index (χ0v) is 12.4. The van der Waals surface area contributed by atoms with Gasteiger partial charge in [-0.15, -0.1) is 0 Å². The zero-order valence-electron chi connectivity index (χ0n) is 12.4. The Bertz CT molecular complexity index is 460. The van der Waals surface area contributed by atoms with Crippen molar-refractivity contribution in [1.29, 1.82) is 0 Å². The molecule has 0 saturated heterocycles. The van der Waals surface area contributed by atoms with E-state index >= 15 is 0 Å². The molecule has 0 aliphatic rings. The highest BCUT2D eigenvalue weighted by atomic mass is 19.4. The molecule has 1 N–H and O–H groups in total. The predicted octanol–water partition coefficient (Wildman–Crippen LogP) is 3.27. The van der Waals surface area contributed by atoms with Gasteiger partial charge >= 0.3 is 12.1 Å². The van der Waals surface area contributed by atoms with E-state index in [2.05, 4.69) is 0 Å². The Morgan fingerprint density at radius 2 is 1.82 bits per heavy atom. The number of rotatable bonds is 9. The maximum atomic E-state index is 12.4. The summed E-state index contributed by atoms with van der Waals surface area (Å²) in [6, 6.07) is 4.58. The highest BCUT2D eigenvalue weighted by Gasteiger charge is 2.29. The highest BCUT2D eigenvalue weighted by Crippen LogP contribution is 2.30. The maximum absolute atomic E-state index is 12.4. The fraction of sp³-hybridized carbons (Fsp3) is 0.533. The third kappa shape index (κ3) is 7.31. The van der Waals surface area contributed by atoms with Gasteiger partial charge in [0.2, 0.25) is 0 Å². The molecule has 0 radical (unpaired) electrons. The number of aliphatic carboxylic acids is 1. The molecule has 1 aromatic carbocycles. The van der Waals surface area contributed by atoms with Gasteiger partial charge in [-0.25, -0.2) is 0 Å². The van der Waals surface area contributed by atoms with Crippen LogP contribution in [0.3, 0.4) is 0 Å². The summed E-state index contributed by atoms with van der Waals surface area (Å²) in [5, 5.41) is 8.51. The van der Waals surface area contributed by atoms with Gasteiger partial charge in [0.05, 0.1) is 5.56 Å². The Labute approximate surface area is 127 Å². The summed E-state index contributed by atoms with van der Waals surface area (Å²) in [6.45, 7) is 1.73. The van der Waals surface area contributed by atoms with Gasteiger partial charge in [-0.1, -0.05) is 0 Å². The fourth-order valence-electron chi connectivity index (χ4n) is 1.83. The van der Waals surface area contributed by atoms with Gasteiger partial charge in [-0.05, 0) is 50.7 Å². The molecule has 0 saturated carbocycles. The number of carbonyl (C=O) groups is 1. The molecule has 1 aromatic rings. The van der Waals surface area contributed by atoms with Crippen molar-refractivity contribution in [3.8, 4) is 5.75 Å². The summed E-state index contributed by atoms with van der Waals surface area (Å²) >= 11 is 0. The second-order valence-electron chi connectivity index (χ2n) is 5.02. The van der Waals surface area contributed by atoms with Crippen LogP contribution in [0.25, 0.3) is 0 Å². The second-order valence-corrected chi connectivity index (χ2v) is 5.02. The Kier molecular flexibility index (Phi) is 7.17. The molecule has 0 amide bonds.